The van der Waals surface area contributed by atoms with Gasteiger partial charge in [0.2, 0.25) is 0 Å². The molecule has 0 fully saturated rings. The number of nitrogens with one attached hydrogen (secondary N) is 3. The number of alkyl halides is 3. The van der Waals surface area contributed by atoms with Gasteiger partial charge in [-0.2, -0.15) is 13.2 Å². The predicted octanol–water partition coefficient (Wildman–Crippen LogP) is 9.79. The molecule has 2 heterocycles. The molecule has 0 bridgehead atoms. The molecule has 6 aromatic rings. The summed E-state index contributed by atoms with van der Waals surface area (Å²) in [6, 6.07) is 33.1. The van der Waals surface area contributed by atoms with Crippen molar-refractivity contribution >= 4 is 27.5 Å². The Morgan fingerprint density at radius 3 is 2.14 bits per heavy atom. The molecule has 4 aromatic carbocycles. The van der Waals surface area contributed by atoms with Gasteiger partial charge in [0.25, 0.3) is 0 Å². The van der Waals surface area contributed by atoms with Crippen LogP contribution in [0.2, 0.25) is 0 Å². The zero-order valence-electron chi connectivity index (χ0n) is 23.8. The van der Waals surface area contributed by atoms with Crippen LogP contribution in [0.5, 0.6) is 0 Å². The van der Waals surface area contributed by atoms with Crippen LogP contribution >= 0.6 is 0 Å². The minimum atomic E-state index is -4.35. The van der Waals surface area contributed by atoms with E-state index in [9.17, 15) is 13.2 Å². The van der Waals surface area contributed by atoms with Crippen molar-refractivity contribution in [3.63, 3.8) is 0 Å². The molecule has 3 nitrogen and oxygen atoms in total. The zero-order valence-corrected chi connectivity index (χ0v) is 23.8. The van der Waals surface area contributed by atoms with Gasteiger partial charge in [0.05, 0.1) is 5.56 Å². The number of fused-ring (bicyclic) bond motifs is 6. The molecule has 3 N–H and O–H groups in total. The smallest absolute Gasteiger partial charge is 0.381 e. The number of para-hydroxylation sites is 2. The van der Waals surface area contributed by atoms with E-state index in [1.165, 1.54) is 54.4 Å². The van der Waals surface area contributed by atoms with Crippen LogP contribution in [0.1, 0.15) is 58.8 Å². The maximum absolute atomic E-state index is 13.2. The van der Waals surface area contributed by atoms with E-state index >= 15 is 0 Å². The number of rotatable bonds is 3. The lowest BCUT2D eigenvalue weighted by molar-refractivity contribution is -0.137. The van der Waals surface area contributed by atoms with Crippen LogP contribution in [-0.2, 0) is 25.4 Å². The molecule has 218 valence electrons. The van der Waals surface area contributed by atoms with E-state index in [1.807, 2.05) is 48.5 Å². The Hall–Kier alpha value is -4.45. The number of aryl methyl sites for hydroxylation is 3. The molecule has 8 rings (SSSR count). The third-order valence-corrected chi connectivity index (χ3v) is 8.96. The van der Waals surface area contributed by atoms with Crippen molar-refractivity contribution in [1.29, 1.82) is 0 Å². The van der Waals surface area contributed by atoms with Gasteiger partial charge in [-0.05, 0) is 85.5 Å². The van der Waals surface area contributed by atoms with E-state index in [2.05, 4.69) is 51.7 Å². The predicted molar refractivity (Wildman–Crippen MR) is 169 cm³/mol. The molecule has 2 aromatic heterocycles. The Morgan fingerprint density at radius 2 is 1.35 bits per heavy atom. The molecule has 0 saturated carbocycles. The van der Waals surface area contributed by atoms with Gasteiger partial charge in [-0.3, -0.25) is 0 Å². The van der Waals surface area contributed by atoms with E-state index in [-0.39, 0.29) is 12.0 Å². The van der Waals surface area contributed by atoms with Gasteiger partial charge in [0, 0.05) is 50.8 Å². The molecule has 0 aliphatic heterocycles. The van der Waals surface area contributed by atoms with Crippen molar-refractivity contribution < 1.29 is 13.2 Å². The summed E-state index contributed by atoms with van der Waals surface area (Å²) in [5.74, 6) is 0.0423. The summed E-state index contributed by atoms with van der Waals surface area (Å²) in [4.78, 5) is 6.80. The quantitative estimate of drug-likeness (QED) is 0.193. The molecule has 2 unspecified atom stereocenters. The van der Waals surface area contributed by atoms with Crippen LogP contribution in [0.25, 0.3) is 21.8 Å². The summed E-state index contributed by atoms with van der Waals surface area (Å²) < 4.78 is 39.7. The summed E-state index contributed by atoms with van der Waals surface area (Å²) in [7, 11) is 0. The lowest BCUT2D eigenvalue weighted by Crippen LogP contribution is -2.32. The molecule has 2 aliphatic rings. The summed E-state index contributed by atoms with van der Waals surface area (Å²) in [5.41, 5.74) is 8.64. The summed E-state index contributed by atoms with van der Waals surface area (Å²) in [6.45, 7) is 0. The monoisotopic (exact) mass is 577 g/mol. The second-order valence-electron chi connectivity index (χ2n) is 11.7. The first-order valence-electron chi connectivity index (χ1n) is 15.1. The van der Waals surface area contributed by atoms with Gasteiger partial charge < -0.3 is 15.3 Å². The highest BCUT2D eigenvalue weighted by Gasteiger charge is 2.35. The van der Waals surface area contributed by atoms with Crippen molar-refractivity contribution in [2.24, 2.45) is 0 Å². The largest absolute Gasteiger partial charge is 0.416 e. The second-order valence-corrected chi connectivity index (χ2v) is 11.7. The minimum absolute atomic E-state index is 0.0423. The highest BCUT2D eigenvalue weighted by molar-refractivity contribution is 5.87. The van der Waals surface area contributed by atoms with Crippen LogP contribution in [0.4, 0.5) is 18.9 Å². The van der Waals surface area contributed by atoms with Crippen LogP contribution < -0.4 is 5.32 Å². The average molecular weight is 578 g/mol. The van der Waals surface area contributed by atoms with Crippen LogP contribution in [0.3, 0.4) is 0 Å². The summed E-state index contributed by atoms with van der Waals surface area (Å²) in [5, 5.41) is 5.98. The molecule has 2 atom stereocenters. The lowest BCUT2D eigenvalue weighted by Gasteiger charge is -2.34. The van der Waals surface area contributed by atoms with Crippen molar-refractivity contribution in [1.82, 2.24) is 9.97 Å². The highest BCUT2D eigenvalue weighted by Crippen LogP contribution is 2.43. The normalized spacial score (nSPS) is 18.0. The molecule has 0 radical (unpaired) electrons. The van der Waals surface area contributed by atoms with Gasteiger partial charge in [0.1, 0.15) is 0 Å². The molecule has 2 aliphatic carbocycles. The number of hydrogen-bond acceptors (Lipinski definition) is 1. The van der Waals surface area contributed by atoms with Gasteiger partial charge in [-0.1, -0.05) is 72.8 Å². The SMILES string of the molecule is FC(F)(F)c1ccc2c3c([nH]c2c1)CCC(Nc1ccccc1)C3c1ccccc1.c1ccc2c3c([nH]c2c1)CCCC3. The van der Waals surface area contributed by atoms with Crippen molar-refractivity contribution in [2.75, 3.05) is 5.32 Å². The third-order valence-electron chi connectivity index (χ3n) is 8.96. The maximum atomic E-state index is 13.2. The maximum Gasteiger partial charge on any atom is 0.416 e. The van der Waals surface area contributed by atoms with Gasteiger partial charge in [0.15, 0.2) is 0 Å². The first-order valence-corrected chi connectivity index (χ1v) is 15.1. The number of hydrogen-bond donors (Lipinski definition) is 3. The number of aromatic nitrogens is 2. The standard InChI is InChI=1S/C25H21F3N2.C12H13N/c26-25(27,28)17-11-12-19-22(15-17)30-21-14-13-20(29-18-9-5-2-6-10-18)23(24(19)21)16-7-3-1-4-8-16;1-3-7-11-9(5-1)10-6-2-4-8-12(10)13-11/h1-12,15,20,23,29-30H,13-14H2;1,3,5,7,13H,2,4,6,8H2. The molecular weight excluding hydrogens is 543 g/mol. The Labute approximate surface area is 249 Å². The number of anilines is 1. The third kappa shape index (κ3) is 5.42. The first kappa shape index (κ1) is 27.4. The Morgan fingerprint density at radius 1 is 0.651 bits per heavy atom. The first-order chi connectivity index (χ1) is 21.0. The number of aromatic amines is 2. The number of benzene rings is 4. The van der Waals surface area contributed by atoms with E-state index in [0.717, 1.165) is 40.7 Å². The van der Waals surface area contributed by atoms with E-state index in [4.69, 9.17) is 0 Å². The fourth-order valence-electron chi connectivity index (χ4n) is 6.99. The second kappa shape index (κ2) is 11.3. The summed E-state index contributed by atoms with van der Waals surface area (Å²) >= 11 is 0. The van der Waals surface area contributed by atoms with E-state index < -0.39 is 11.7 Å². The minimum Gasteiger partial charge on any atom is -0.381 e. The fourth-order valence-corrected chi connectivity index (χ4v) is 6.99. The number of H-pyrrole nitrogens is 2. The highest BCUT2D eigenvalue weighted by atomic mass is 19.4. The molecule has 43 heavy (non-hydrogen) atoms. The topological polar surface area (TPSA) is 43.6 Å². The van der Waals surface area contributed by atoms with Crippen LogP contribution in [0, 0.1) is 0 Å². The number of halogens is 3. The van der Waals surface area contributed by atoms with Crippen LogP contribution in [0.15, 0.2) is 103 Å². The molecular formula is C37H34F3N3. The van der Waals surface area contributed by atoms with Gasteiger partial charge >= 0.3 is 6.18 Å². The van der Waals surface area contributed by atoms with Crippen molar-refractivity contribution in [3.8, 4) is 0 Å². The average Bonchev–Trinajstić information content (AvgIpc) is 3.60. The van der Waals surface area contributed by atoms with Gasteiger partial charge in [-0.15, -0.1) is 0 Å². The Bertz CT molecular complexity index is 1850. The lowest BCUT2D eigenvalue weighted by atomic mass is 9.77. The molecule has 0 spiro atoms. The fraction of sp³-hybridized carbons (Fsp3) is 0.243. The summed E-state index contributed by atoms with van der Waals surface area (Å²) in [6.07, 6.45) is 2.54. The van der Waals surface area contributed by atoms with Crippen molar-refractivity contribution in [2.45, 2.75) is 56.7 Å². The van der Waals surface area contributed by atoms with E-state index in [1.54, 1.807) is 11.6 Å². The molecule has 0 saturated heterocycles. The van der Waals surface area contributed by atoms with Gasteiger partial charge in [-0.25, -0.2) is 0 Å². The molecule has 0 amide bonds. The molecule has 6 heteroatoms. The Balaban J connectivity index is 0.000000191. The Kier molecular flexibility index (Phi) is 7.21. The van der Waals surface area contributed by atoms with Crippen LogP contribution in [-0.4, -0.2) is 16.0 Å². The van der Waals surface area contributed by atoms with Crippen molar-refractivity contribution in [3.05, 3.63) is 137 Å². The van der Waals surface area contributed by atoms with E-state index in [0.29, 0.717) is 5.52 Å². The zero-order chi connectivity index (χ0) is 29.4.